The van der Waals surface area contributed by atoms with Crippen molar-refractivity contribution in [3.05, 3.63) is 0 Å². The third-order valence-electron chi connectivity index (χ3n) is 0.847. The van der Waals surface area contributed by atoms with Crippen LogP contribution in [-0.2, 0) is 9.59 Å². The first kappa shape index (κ1) is 7.94. The van der Waals surface area contributed by atoms with Crippen molar-refractivity contribution in [2.45, 2.75) is 19.9 Å². The first-order valence-corrected chi connectivity index (χ1v) is 2.60. The molecule has 1 atom stereocenters. The second-order valence-electron chi connectivity index (χ2n) is 1.82. The number of carbonyl (C=O) groups is 2. The van der Waals surface area contributed by atoms with Gasteiger partial charge in [0.05, 0.1) is 0 Å². The maximum Gasteiger partial charge on any atom is 0.239 e. The smallest absolute Gasteiger partial charge is 0.239 e. The molecule has 4 nitrogen and oxygen atoms in total. The van der Waals surface area contributed by atoms with E-state index in [1.54, 1.807) is 0 Å². The monoisotopic (exact) mass is 130 g/mol. The van der Waals surface area contributed by atoms with E-state index in [1.807, 2.05) is 0 Å². The minimum Gasteiger partial charge on any atom is -0.368 e. The molecule has 52 valence electrons. The lowest BCUT2D eigenvalue weighted by Crippen LogP contribution is -2.41. The summed E-state index contributed by atoms with van der Waals surface area (Å²) >= 11 is 0. The third kappa shape index (κ3) is 3.52. The lowest BCUT2D eigenvalue weighted by Gasteiger charge is -2.05. The zero-order chi connectivity index (χ0) is 7.44. The highest BCUT2D eigenvalue weighted by Crippen LogP contribution is 1.76. The summed E-state index contributed by atoms with van der Waals surface area (Å²) in [7, 11) is 0. The predicted octanol–water partition coefficient (Wildman–Crippen LogP) is -1.00. The summed E-state index contributed by atoms with van der Waals surface area (Å²) in [6, 6.07) is -0.567. The third-order valence-corrected chi connectivity index (χ3v) is 0.847. The van der Waals surface area contributed by atoms with Crippen molar-refractivity contribution < 1.29 is 9.59 Å². The van der Waals surface area contributed by atoms with Gasteiger partial charge in [-0.2, -0.15) is 0 Å². The summed E-state index contributed by atoms with van der Waals surface area (Å²) in [4.78, 5) is 20.5. The fourth-order valence-corrected chi connectivity index (χ4v) is 0.376. The normalized spacial score (nSPS) is 12.2. The molecule has 0 aromatic heterocycles. The molecule has 0 spiro atoms. The van der Waals surface area contributed by atoms with E-state index >= 15 is 0 Å². The van der Waals surface area contributed by atoms with Gasteiger partial charge < -0.3 is 11.1 Å². The van der Waals surface area contributed by atoms with E-state index in [1.165, 1.54) is 13.8 Å². The molecule has 0 unspecified atom stereocenters. The summed E-state index contributed by atoms with van der Waals surface area (Å²) in [5, 5.41) is 2.33. The minimum absolute atomic E-state index is 0.249. The Morgan fingerprint density at radius 2 is 2.00 bits per heavy atom. The fourth-order valence-electron chi connectivity index (χ4n) is 0.376. The zero-order valence-electron chi connectivity index (χ0n) is 5.47. The van der Waals surface area contributed by atoms with E-state index in [9.17, 15) is 9.59 Å². The summed E-state index contributed by atoms with van der Waals surface area (Å²) in [5.74, 6) is -0.772. The van der Waals surface area contributed by atoms with E-state index in [4.69, 9.17) is 5.73 Å². The van der Waals surface area contributed by atoms with Crippen LogP contribution in [0.1, 0.15) is 13.8 Å². The van der Waals surface area contributed by atoms with Crippen LogP contribution in [0.4, 0.5) is 0 Å². The van der Waals surface area contributed by atoms with Gasteiger partial charge in [-0.1, -0.05) is 0 Å². The lowest BCUT2D eigenvalue weighted by molar-refractivity contribution is -0.125. The van der Waals surface area contributed by atoms with Crippen molar-refractivity contribution >= 4 is 11.8 Å². The highest BCUT2D eigenvalue weighted by Gasteiger charge is 2.07. The van der Waals surface area contributed by atoms with Crippen molar-refractivity contribution in [3.63, 3.8) is 0 Å². The lowest BCUT2D eigenvalue weighted by atomic mass is 10.3. The molecule has 0 saturated heterocycles. The molecule has 0 saturated carbocycles. The molecule has 0 aliphatic rings. The summed E-state index contributed by atoms with van der Waals surface area (Å²) in [6.07, 6.45) is 0. The maximum absolute atomic E-state index is 10.2. The molecule has 0 heterocycles. The second-order valence-corrected chi connectivity index (χ2v) is 1.82. The van der Waals surface area contributed by atoms with Gasteiger partial charge in [0.1, 0.15) is 6.04 Å². The summed E-state index contributed by atoms with van der Waals surface area (Å²) in [6.45, 7) is 2.86. The van der Waals surface area contributed by atoms with E-state index in [-0.39, 0.29) is 5.91 Å². The van der Waals surface area contributed by atoms with Crippen molar-refractivity contribution in [2.75, 3.05) is 0 Å². The van der Waals surface area contributed by atoms with Crippen LogP contribution < -0.4 is 11.1 Å². The Hall–Kier alpha value is -1.06. The van der Waals surface area contributed by atoms with Gasteiger partial charge in [0, 0.05) is 6.92 Å². The number of primary amides is 1. The number of hydrogen-bond acceptors (Lipinski definition) is 2. The SMILES string of the molecule is CC(=O)N[C@H](C)C(N)=O. The van der Waals surface area contributed by atoms with Crippen molar-refractivity contribution in [3.8, 4) is 0 Å². The number of hydrogen-bond donors (Lipinski definition) is 2. The standard InChI is InChI=1S/C5H10N2O2/c1-3(5(6)9)7-4(2)8/h3H,1-2H3,(H2,6,9)(H,7,8)/t3-/m1/s1. The van der Waals surface area contributed by atoms with Crippen LogP contribution in [0.3, 0.4) is 0 Å². The van der Waals surface area contributed by atoms with Crippen LogP contribution >= 0.6 is 0 Å². The van der Waals surface area contributed by atoms with E-state index < -0.39 is 11.9 Å². The Bertz CT molecular complexity index is 133. The molecule has 0 aliphatic heterocycles. The first-order chi connectivity index (χ1) is 4.04. The Kier molecular flexibility index (Phi) is 2.70. The zero-order valence-corrected chi connectivity index (χ0v) is 5.47. The van der Waals surface area contributed by atoms with Gasteiger partial charge in [0.25, 0.3) is 0 Å². The van der Waals surface area contributed by atoms with Crippen LogP contribution in [0.5, 0.6) is 0 Å². The van der Waals surface area contributed by atoms with Crippen molar-refractivity contribution in [2.24, 2.45) is 5.73 Å². The molecule has 0 rings (SSSR count). The fraction of sp³-hybridized carbons (Fsp3) is 0.600. The van der Waals surface area contributed by atoms with Crippen LogP contribution in [0.15, 0.2) is 0 Å². The molecule has 0 bridgehead atoms. The van der Waals surface area contributed by atoms with Gasteiger partial charge in [-0.15, -0.1) is 0 Å². The summed E-state index contributed by atoms with van der Waals surface area (Å²) < 4.78 is 0. The van der Waals surface area contributed by atoms with E-state index in [0.717, 1.165) is 0 Å². The van der Waals surface area contributed by atoms with Gasteiger partial charge in [-0.05, 0) is 6.92 Å². The highest BCUT2D eigenvalue weighted by molar-refractivity contribution is 5.85. The number of rotatable bonds is 2. The molecule has 0 fully saturated rings. The summed E-state index contributed by atoms with van der Waals surface area (Å²) in [5.41, 5.74) is 4.83. The molecule has 3 N–H and O–H groups in total. The van der Waals surface area contributed by atoms with Crippen LogP contribution in [0.25, 0.3) is 0 Å². The number of nitrogens with two attached hydrogens (primary N) is 1. The van der Waals surface area contributed by atoms with Crippen LogP contribution in [-0.4, -0.2) is 17.9 Å². The van der Waals surface area contributed by atoms with Gasteiger partial charge in [0.2, 0.25) is 11.8 Å². The largest absolute Gasteiger partial charge is 0.368 e. The van der Waals surface area contributed by atoms with Crippen LogP contribution in [0.2, 0.25) is 0 Å². The van der Waals surface area contributed by atoms with Gasteiger partial charge in [-0.3, -0.25) is 9.59 Å². The van der Waals surface area contributed by atoms with E-state index in [2.05, 4.69) is 5.32 Å². The minimum atomic E-state index is -0.567. The van der Waals surface area contributed by atoms with Gasteiger partial charge in [-0.25, -0.2) is 0 Å². The molecular formula is C5H10N2O2. The number of nitrogens with one attached hydrogen (secondary N) is 1. The first-order valence-electron chi connectivity index (χ1n) is 2.60. The molecule has 2 amide bonds. The maximum atomic E-state index is 10.2. The average molecular weight is 130 g/mol. The molecule has 4 heteroatoms. The Morgan fingerprint density at radius 1 is 1.56 bits per heavy atom. The molecule has 0 radical (unpaired) electrons. The molecule has 9 heavy (non-hydrogen) atoms. The second kappa shape index (κ2) is 3.06. The quantitative estimate of drug-likeness (QED) is 0.503. The van der Waals surface area contributed by atoms with Crippen molar-refractivity contribution in [1.29, 1.82) is 0 Å². The van der Waals surface area contributed by atoms with E-state index in [0.29, 0.717) is 0 Å². The molecular weight excluding hydrogens is 120 g/mol. The average Bonchev–Trinajstić information content (AvgIpc) is 1.63. The molecule has 0 aromatic rings. The Balaban J connectivity index is 3.63. The van der Waals surface area contributed by atoms with Gasteiger partial charge >= 0.3 is 0 Å². The Labute approximate surface area is 53.4 Å². The van der Waals surface area contributed by atoms with Crippen LogP contribution in [0, 0.1) is 0 Å². The molecule has 0 aliphatic carbocycles. The topological polar surface area (TPSA) is 72.2 Å². The van der Waals surface area contributed by atoms with Gasteiger partial charge in [0.15, 0.2) is 0 Å². The number of carbonyl (C=O) groups excluding carboxylic acids is 2. The van der Waals surface area contributed by atoms with Crippen molar-refractivity contribution in [1.82, 2.24) is 5.32 Å². The highest BCUT2D eigenvalue weighted by atomic mass is 16.2. The Morgan fingerprint density at radius 3 is 2.11 bits per heavy atom. The predicted molar refractivity (Wildman–Crippen MR) is 32.5 cm³/mol. The molecule has 0 aromatic carbocycles. The number of amides is 2.